The number of ether oxygens (including phenoxy) is 2. The number of aromatic nitrogens is 4. The molecule has 0 saturated heterocycles. The number of carbonyl (C=O) groups is 1. The number of benzene rings is 1. The van der Waals surface area contributed by atoms with Gasteiger partial charge in [0, 0.05) is 35.9 Å². The van der Waals surface area contributed by atoms with Gasteiger partial charge in [0.05, 0.1) is 13.5 Å². The monoisotopic (exact) mass is 418 g/mol. The maximum atomic E-state index is 12.7. The number of Topliss-reactive ketones (excluding diaryl/α,β-unsaturated/α-hetero) is 1. The van der Waals surface area contributed by atoms with Gasteiger partial charge >= 0.3 is 0 Å². The van der Waals surface area contributed by atoms with Crippen LogP contribution >= 0.6 is 11.3 Å². The molecule has 0 bridgehead atoms. The van der Waals surface area contributed by atoms with E-state index in [0.29, 0.717) is 28.7 Å². The molecule has 8 heteroatoms. The van der Waals surface area contributed by atoms with Crippen LogP contribution in [0.5, 0.6) is 11.5 Å². The highest BCUT2D eigenvalue weighted by atomic mass is 32.1. The van der Waals surface area contributed by atoms with Crippen LogP contribution in [0.15, 0.2) is 67.3 Å². The highest BCUT2D eigenvalue weighted by molar-refractivity contribution is 7.14. The Labute approximate surface area is 177 Å². The maximum absolute atomic E-state index is 12.7. The zero-order valence-corrected chi connectivity index (χ0v) is 17.0. The van der Waals surface area contributed by atoms with E-state index in [0.717, 1.165) is 16.1 Å². The summed E-state index contributed by atoms with van der Waals surface area (Å²) >= 11 is 1.40. The lowest BCUT2D eigenvalue weighted by Crippen LogP contribution is -2.05. The van der Waals surface area contributed by atoms with Gasteiger partial charge in [-0.05, 0) is 48.0 Å². The molecule has 3 aromatic heterocycles. The minimum atomic E-state index is -0.0635. The van der Waals surface area contributed by atoms with Gasteiger partial charge in [-0.3, -0.25) is 14.8 Å². The molecule has 1 aromatic carbocycles. The molecule has 0 aliphatic carbocycles. The zero-order chi connectivity index (χ0) is 20.8. The third-order valence-electron chi connectivity index (χ3n) is 4.34. The second-order valence-corrected chi connectivity index (χ2v) is 7.41. The summed E-state index contributed by atoms with van der Waals surface area (Å²) in [5.41, 5.74) is 2.45. The molecule has 0 aliphatic heterocycles. The summed E-state index contributed by atoms with van der Waals surface area (Å²) in [7, 11) is 1.55. The van der Waals surface area contributed by atoms with Gasteiger partial charge in [-0.2, -0.15) is 0 Å². The van der Waals surface area contributed by atoms with Crippen molar-refractivity contribution in [1.82, 2.24) is 20.2 Å². The van der Waals surface area contributed by atoms with Crippen LogP contribution in [0.25, 0.3) is 10.6 Å². The molecule has 0 aliphatic rings. The average Bonchev–Trinajstić information content (AvgIpc) is 3.27. The summed E-state index contributed by atoms with van der Waals surface area (Å²) < 4.78 is 11.2. The van der Waals surface area contributed by atoms with Crippen LogP contribution in [-0.2, 0) is 13.0 Å². The molecule has 0 radical (unpaired) electrons. The van der Waals surface area contributed by atoms with E-state index in [1.165, 1.54) is 11.3 Å². The Morgan fingerprint density at radius 2 is 1.67 bits per heavy atom. The number of rotatable bonds is 8. The molecule has 0 saturated carbocycles. The Kier molecular flexibility index (Phi) is 6.05. The zero-order valence-electron chi connectivity index (χ0n) is 16.2. The van der Waals surface area contributed by atoms with Crippen molar-refractivity contribution in [2.75, 3.05) is 7.11 Å². The first kappa shape index (κ1) is 19.7. The number of carbonyl (C=O) groups excluding carboxylic acids is 1. The van der Waals surface area contributed by atoms with E-state index in [2.05, 4.69) is 20.2 Å². The second-order valence-electron chi connectivity index (χ2n) is 6.35. The molecule has 0 N–H and O–H groups in total. The number of pyridine rings is 2. The Morgan fingerprint density at radius 1 is 0.933 bits per heavy atom. The lowest BCUT2D eigenvalue weighted by atomic mass is 10.1. The molecule has 0 fully saturated rings. The van der Waals surface area contributed by atoms with Crippen LogP contribution in [0.4, 0.5) is 0 Å². The van der Waals surface area contributed by atoms with Crippen molar-refractivity contribution in [3.63, 3.8) is 0 Å². The van der Waals surface area contributed by atoms with Gasteiger partial charge in [0.25, 0.3) is 0 Å². The fourth-order valence-electron chi connectivity index (χ4n) is 2.78. The molecule has 0 amide bonds. The van der Waals surface area contributed by atoms with Crippen LogP contribution in [-0.4, -0.2) is 33.1 Å². The average molecular weight is 418 g/mol. The van der Waals surface area contributed by atoms with Crippen molar-refractivity contribution in [2.24, 2.45) is 0 Å². The fourth-order valence-corrected chi connectivity index (χ4v) is 3.62. The molecule has 30 heavy (non-hydrogen) atoms. The van der Waals surface area contributed by atoms with E-state index >= 15 is 0 Å². The topological polar surface area (TPSA) is 87.1 Å². The van der Waals surface area contributed by atoms with E-state index < -0.39 is 0 Å². The third-order valence-corrected chi connectivity index (χ3v) is 5.31. The molecular weight excluding hydrogens is 400 g/mol. The standard InChI is InChI=1S/C22H18N4O3S/c1-28-20-12-17(2-3-19(20)29-14-15-4-8-23-9-5-15)18(27)13-21-25-26-22(30-21)16-6-10-24-11-7-16/h2-12H,13-14H2,1H3. The highest BCUT2D eigenvalue weighted by Gasteiger charge is 2.15. The van der Waals surface area contributed by atoms with Gasteiger partial charge in [-0.25, -0.2) is 0 Å². The number of ketones is 1. The normalized spacial score (nSPS) is 10.6. The van der Waals surface area contributed by atoms with Crippen LogP contribution in [0.2, 0.25) is 0 Å². The summed E-state index contributed by atoms with van der Waals surface area (Å²) in [5, 5.41) is 9.74. The molecule has 3 heterocycles. The quantitative estimate of drug-likeness (QED) is 0.400. The van der Waals surface area contributed by atoms with Gasteiger partial charge in [0.1, 0.15) is 16.6 Å². The van der Waals surface area contributed by atoms with Crippen LogP contribution in [0, 0.1) is 0 Å². The van der Waals surface area contributed by atoms with Gasteiger partial charge in [-0.1, -0.05) is 11.3 Å². The largest absolute Gasteiger partial charge is 0.493 e. The van der Waals surface area contributed by atoms with Crippen molar-refractivity contribution in [3.8, 4) is 22.1 Å². The number of hydrogen-bond acceptors (Lipinski definition) is 8. The van der Waals surface area contributed by atoms with Crippen molar-refractivity contribution < 1.29 is 14.3 Å². The Hall–Kier alpha value is -3.65. The highest BCUT2D eigenvalue weighted by Crippen LogP contribution is 2.30. The maximum Gasteiger partial charge on any atom is 0.169 e. The van der Waals surface area contributed by atoms with E-state index in [1.54, 1.807) is 50.1 Å². The fraction of sp³-hybridized carbons (Fsp3) is 0.136. The van der Waals surface area contributed by atoms with E-state index in [1.807, 2.05) is 24.3 Å². The molecule has 0 unspecified atom stereocenters. The van der Waals surface area contributed by atoms with E-state index in [4.69, 9.17) is 9.47 Å². The first-order chi connectivity index (χ1) is 14.7. The summed E-state index contributed by atoms with van der Waals surface area (Å²) in [6, 6.07) is 12.7. The minimum Gasteiger partial charge on any atom is -0.493 e. The van der Waals surface area contributed by atoms with Gasteiger partial charge in [0.2, 0.25) is 0 Å². The van der Waals surface area contributed by atoms with Gasteiger partial charge < -0.3 is 9.47 Å². The molecule has 4 aromatic rings. The summed E-state index contributed by atoms with van der Waals surface area (Å²) in [6.07, 6.45) is 7.00. The lowest BCUT2D eigenvalue weighted by Gasteiger charge is -2.12. The lowest BCUT2D eigenvalue weighted by molar-refractivity contribution is 0.0992. The first-order valence-corrected chi connectivity index (χ1v) is 10.0. The summed E-state index contributed by atoms with van der Waals surface area (Å²) in [6.45, 7) is 0.384. The van der Waals surface area contributed by atoms with Crippen molar-refractivity contribution in [3.05, 3.63) is 83.4 Å². The summed E-state index contributed by atoms with van der Waals surface area (Å²) in [5.74, 6) is 1.01. The van der Waals surface area contributed by atoms with Crippen LogP contribution in [0.3, 0.4) is 0 Å². The van der Waals surface area contributed by atoms with Crippen molar-refractivity contribution in [2.45, 2.75) is 13.0 Å². The Bertz CT molecular complexity index is 1130. The first-order valence-electron chi connectivity index (χ1n) is 9.18. The van der Waals surface area contributed by atoms with Crippen LogP contribution < -0.4 is 9.47 Å². The SMILES string of the molecule is COc1cc(C(=O)Cc2nnc(-c3ccncc3)s2)ccc1OCc1ccncc1. The molecule has 7 nitrogen and oxygen atoms in total. The number of methoxy groups -OCH3 is 1. The minimum absolute atomic E-state index is 0.0635. The summed E-state index contributed by atoms with van der Waals surface area (Å²) in [4.78, 5) is 20.7. The smallest absolute Gasteiger partial charge is 0.169 e. The predicted octanol–water partition coefficient (Wildman–Crippen LogP) is 4.01. The van der Waals surface area contributed by atoms with Gasteiger partial charge in [0.15, 0.2) is 17.3 Å². The third kappa shape index (κ3) is 4.66. The number of nitrogens with zero attached hydrogens (tertiary/aromatic N) is 4. The molecule has 150 valence electrons. The number of hydrogen-bond donors (Lipinski definition) is 0. The van der Waals surface area contributed by atoms with E-state index in [9.17, 15) is 4.79 Å². The van der Waals surface area contributed by atoms with Crippen molar-refractivity contribution in [1.29, 1.82) is 0 Å². The molecular formula is C22H18N4O3S. The molecule has 4 rings (SSSR count). The Morgan fingerprint density at radius 3 is 2.40 bits per heavy atom. The Balaban J connectivity index is 1.44. The molecule has 0 spiro atoms. The predicted molar refractivity (Wildman–Crippen MR) is 113 cm³/mol. The second kappa shape index (κ2) is 9.23. The van der Waals surface area contributed by atoms with E-state index in [-0.39, 0.29) is 12.2 Å². The molecule has 0 atom stereocenters. The van der Waals surface area contributed by atoms with Crippen LogP contribution in [0.1, 0.15) is 20.9 Å². The van der Waals surface area contributed by atoms with Gasteiger partial charge in [-0.15, -0.1) is 10.2 Å². The van der Waals surface area contributed by atoms with Crippen molar-refractivity contribution >= 4 is 17.1 Å².